The molecule has 114 valence electrons. The maximum Gasteiger partial charge on any atom is 0.357 e. The Morgan fingerprint density at radius 1 is 1.33 bits per heavy atom. The predicted molar refractivity (Wildman–Crippen MR) is 77.5 cm³/mol. The molecule has 2 rings (SSSR count). The van der Waals surface area contributed by atoms with Crippen LogP contribution in [0.2, 0.25) is 0 Å². The minimum Gasteiger partial charge on any atom is -0.457 e. The van der Waals surface area contributed by atoms with Crippen LogP contribution in [0.15, 0.2) is 28.6 Å². The summed E-state index contributed by atoms with van der Waals surface area (Å²) in [6.07, 6.45) is 0. The number of nitrogens with zero attached hydrogens (tertiary/aromatic N) is 1. The number of hydrogen-bond donors (Lipinski definition) is 0. The number of thiazole rings is 1. The molecule has 0 fully saturated rings. The number of alkyl halides is 1. The number of sulfone groups is 1. The van der Waals surface area contributed by atoms with Gasteiger partial charge in [-0.25, -0.2) is 22.6 Å². The van der Waals surface area contributed by atoms with Crippen LogP contribution in [-0.2, 0) is 19.4 Å². The average molecular weight is 331 g/mol. The lowest BCUT2D eigenvalue weighted by atomic mass is 10.2. The van der Waals surface area contributed by atoms with Gasteiger partial charge >= 0.3 is 11.5 Å². The van der Waals surface area contributed by atoms with E-state index in [2.05, 4.69) is 4.98 Å². The zero-order chi connectivity index (χ0) is 15.8. The van der Waals surface area contributed by atoms with Crippen LogP contribution >= 0.6 is 11.3 Å². The zero-order valence-corrected chi connectivity index (χ0v) is 13.3. The van der Waals surface area contributed by atoms with Crippen LogP contribution in [0.1, 0.15) is 20.8 Å². The van der Waals surface area contributed by atoms with Crippen molar-refractivity contribution in [3.8, 4) is 0 Å². The standard InChI is InChI=1S/C13H14FNO4S2/c1-13(2,3)19-11(16)10(14)21(17,18)12-15-8-6-4-5-7-9(8)20-12/h4-7,10H,1-3H3. The summed E-state index contributed by atoms with van der Waals surface area (Å²) < 4.78 is 43.2. The van der Waals surface area contributed by atoms with Crippen molar-refractivity contribution in [2.45, 2.75) is 36.2 Å². The minimum atomic E-state index is -4.51. The highest BCUT2D eigenvalue weighted by molar-refractivity contribution is 7.94. The van der Waals surface area contributed by atoms with Crippen molar-refractivity contribution in [1.29, 1.82) is 0 Å². The van der Waals surface area contributed by atoms with Crippen LogP contribution in [0.25, 0.3) is 10.2 Å². The van der Waals surface area contributed by atoms with Gasteiger partial charge in [0.05, 0.1) is 10.2 Å². The van der Waals surface area contributed by atoms with Gasteiger partial charge in [0.2, 0.25) is 14.2 Å². The molecule has 5 nitrogen and oxygen atoms in total. The molecule has 0 bridgehead atoms. The molecule has 0 saturated heterocycles. The van der Waals surface area contributed by atoms with E-state index in [1.165, 1.54) is 20.8 Å². The first-order valence-corrected chi connectivity index (χ1v) is 8.44. The van der Waals surface area contributed by atoms with Crippen molar-refractivity contribution >= 4 is 37.4 Å². The Kier molecular flexibility index (Phi) is 4.03. The van der Waals surface area contributed by atoms with Gasteiger partial charge in [0.1, 0.15) is 5.60 Å². The van der Waals surface area contributed by atoms with Crippen LogP contribution < -0.4 is 0 Å². The Labute approximate surface area is 125 Å². The van der Waals surface area contributed by atoms with E-state index in [4.69, 9.17) is 4.74 Å². The monoisotopic (exact) mass is 331 g/mol. The number of ether oxygens (including phenoxy) is 1. The number of fused-ring (bicyclic) bond motifs is 1. The quantitative estimate of drug-likeness (QED) is 0.809. The molecule has 21 heavy (non-hydrogen) atoms. The molecule has 8 heteroatoms. The first-order valence-electron chi connectivity index (χ1n) is 6.08. The van der Waals surface area contributed by atoms with Crippen molar-refractivity contribution in [2.24, 2.45) is 0 Å². The fraction of sp³-hybridized carbons (Fsp3) is 0.385. The Bertz CT molecular complexity index is 744. The molecule has 2 aromatic rings. The van der Waals surface area contributed by atoms with Gasteiger partial charge in [-0.15, -0.1) is 11.3 Å². The number of benzene rings is 1. The van der Waals surface area contributed by atoms with E-state index >= 15 is 0 Å². The molecule has 1 unspecified atom stereocenters. The van der Waals surface area contributed by atoms with Crippen molar-refractivity contribution in [1.82, 2.24) is 4.98 Å². The number of halogens is 1. The van der Waals surface area contributed by atoms with Crippen LogP contribution in [0.5, 0.6) is 0 Å². The van der Waals surface area contributed by atoms with E-state index < -0.39 is 31.3 Å². The van der Waals surface area contributed by atoms with E-state index in [-0.39, 0.29) is 0 Å². The van der Waals surface area contributed by atoms with Gasteiger partial charge in [0.15, 0.2) is 0 Å². The predicted octanol–water partition coefficient (Wildman–Crippen LogP) is 2.71. The molecule has 0 aliphatic carbocycles. The van der Waals surface area contributed by atoms with Gasteiger partial charge < -0.3 is 4.74 Å². The molecule has 0 amide bonds. The SMILES string of the molecule is CC(C)(C)OC(=O)C(F)S(=O)(=O)c1nc2ccccc2s1. The van der Waals surface area contributed by atoms with E-state index in [0.29, 0.717) is 10.2 Å². The zero-order valence-electron chi connectivity index (χ0n) is 11.7. The average Bonchev–Trinajstić information content (AvgIpc) is 2.80. The normalized spacial score (nSPS) is 14.1. The third-order valence-electron chi connectivity index (χ3n) is 2.38. The molecule has 0 saturated carbocycles. The summed E-state index contributed by atoms with van der Waals surface area (Å²) in [5.74, 6) is -1.43. The smallest absolute Gasteiger partial charge is 0.357 e. The van der Waals surface area contributed by atoms with Crippen LogP contribution in [0.4, 0.5) is 4.39 Å². The molecule has 0 spiro atoms. The molecule has 0 aliphatic rings. The Balaban J connectivity index is 2.34. The van der Waals surface area contributed by atoms with Gasteiger partial charge in [0, 0.05) is 0 Å². The maximum absolute atomic E-state index is 14.0. The number of hydrogen-bond acceptors (Lipinski definition) is 6. The highest BCUT2D eigenvalue weighted by atomic mass is 32.2. The van der Waals surface area contributed by atoms with Crippen molar-refractivity contribution in [2.75, 3.05) is 0 Å². The summed E-state index contributed by atoms with van der Waals surface area (Å²) >= 11 is 0.821. The molecule has 1 aromatic carbocycles. The van der Waals surface area contributed by atoms with Crippen LogP contribution in [0.3, 0.4) is 0 Å². The Hall–Kier alpha value is -1.54. The number of esters is 1. The third kappa shape index (κ3) is 3.38. The second kappa shape index (κ2) is 5.34. The molecule has 1 atom stereocenters. The number of aromatic nitrogens is 1. The molecular formula is C13H14FNO4S2. The lowest BCUT2D eigenvalue weighted by Crippen LogP contribution is -2.34. The fourth-order valence-electron chi connectivity index (χ4n) is 1.54. The molecular weight excluding hydrogens is 317 g/mol. The summed E-state index contributed by atoms with van der Waals surface area (Å²) in [7, 11) is -4.51. The fourth-order valence-corrected chi connectivity index (χ4v) is 3.92. The number of carbonyl (C=O) groups excluding carboxylic acids is 1. The van der Waals surface area contributed by atoms with Crippen molar-refractivity contribution < 1.29 is 22.3 Å². The Morgan fingerprint density at radius 2 is 1.95 bits per heavy atom. The van der Waals surface area contributed by atoms with Gasteiger partial charge in [-0.2, -0.15) is 0 Å². The number of carbonyl (C=O) groups is 1. The van der Waals surface area contributed by atoms with E-state index in [1.54, 1.807) is 24.3 Å². The number of rotatable bonds is 3. The first-order chi connectivity index (χ1) is 9.61. The maximum atomic E-state index is 14.0. The van der Waals surface area contributed by atoms with Crippen LogP contribution in [0, 0.1) is 0 Å². The lowest BCUT2D eigenvalue weighted by Gasteiger charge is -2.20. The topological polar surface area (TPSA) is 73.3 Å². The first kappa shape index (κ1) is 15.8. The van der Waals surface area contributed by atoms with E-state index in [1.807, 2.05) is 0 Å². The summed E-state index contributed by atoms with van der Waals surface area (Å²) in [6, 6.07) is 6.70. The summed E-state index contributed by atoms with van der Waals surface area (Å²) in [4.78, 5) is 15.5. The lowest BCUT2D eigenvalue weighted by molar-refractivity contribution is -0.157. The highest BCUT2D eigenvalue weighted by Crippen LogP contribution is 2.28. The van der Waals surface area contributed by atoms with E-state index in [0.717, 1.165) is 11.3 Å². The van der Waals surface area contributed by atoms with E-state index in [9.17, 15) is 17.6 Å². The molecule has 1 heterocycles. The largest absolute Gasteiger partial charge is 0.457 e. The van der Waals surface area contributed by atoms with Gasteiger partial charge in [-0.3, -0.25) is 0 Å². The molecule has 0 N–H and O–H groups in total. The summed E-state index contributed by atoms with van der Waals surface area (Å²) in [6.45, 7) is 4.59. The highest BCUT2D eigenvalue weighted by Gasteiger charge is 2.39. The number of para-hydroxylation sites is 1. The second-order valence-electron chi connectivity index (χ2n) is 5.34. The van der Waals surface area contributed by atoms with Crippen LogP contribution in [-0.4, -0.2) is 30.5 Å². The Morgan fingerprint density at radius 3 is 2.52 bits per heavy atom. The third-order valence-corrected chi connectivity index (χ3v) is 5.48. The summed E-state index contributed by atoms with van der Waals surface area (Å²) in [5, 5.41) is 0. The molecule has 1 aromatic heterocycles. The summed E-state index contributed by atoms with van der Waals surface area (Å²) in [5.41, 5.74) is -3.31. The second-order valence-corrected chi connectivity index (χ2v) is 8.52. The van der Waals surface area contributed by atoms with Crippen molar-refractivity contribution in [3.05, 3.63) is 24.3 Å². The van der Waals surface area contributed by atoms with Gasteiger partial charge in [-0.05, 0) is 32.9 Å². The van der Waals surface area contributed by atoms with Gasteiger partial charge in [-0.1, -0.05) is 12.1 Å². The molecule has 0 radical (unpaired) electrons. The minimum absolute atomic E-state index is 0.429. The van der Waals surface area contributed by atoms with Crippen molar-refractivity contribution in [3.63, 3.8) is 0 Å². The van der Waals surface area contributed by atoms with Gasteiger partial charge in [0.25, 0.3) is 0 Å². The molecule has 0 aliphatic heterocycles.